The van der Waals surface area contributed by atoms with Crippen molar-refractivity contribution in [2.75, 3.05) is 13.7 Å². The topological polar surface area (TPSA) is 33.3 Å². The van der Waals surface area contributed by atoms with Crippen LogP contribution in [-0.4, -0.2) is 25.7 Å². The second-order valence-corrected chi connectivity index (χ2v) is 10.4. The number of benzene rings is 3. The molecule has 4 unspecified atom stereocenters. The number of piperidine rings is 1. The molecule has 1 aliphatic rings. The molecule has 3 heteroatoms. The van der Waals surface area contributed by atoms with Crippen molar-refractivity contribution in [2.45, 2.75) is 76.9 Å². The van der Waals surface area contributed by atoms with Crippen molar-refractivity contribution in [1.82, 2.24) is 10.6 Å². The Labute approximate surface area is 218 Å². The van der Waals surface area contributed by atoms with Gasteiger partial charge in [-0.2, -0.15) is 0 Å². The molecule has 1 saturated heterocycles. The number of rotatable bonds is 11. The lowest BCUT2D eigenvalue weighted by Crippen LogP contribution is -2.58. The number of hydrogen-bond acceptors (Lipinski definition) is 3. The van der Waals surface area contributed by atoms with Crippen molar-refractivity contribution in [3.05, 3.63) is 101 Å². The predicted molar refractivity (Wildman–Crippen MR) is 152 cm³/mol. The smallest absolute Gasteiger partial charge is 0.123 e. The Morgan fingerprint density at radius 2 is 1.58 bits per heavy atom. The lowest BCUT2D eigenvalue weighted by atomic mass is 9.74. The summed E-state index contributed by atoms with van der Waals surface area (Å²) in [6.07, 6.45) is 4.81. The molecule has 0 aromatic heterocycles. The summed E-state index contributed by atoms with van der Waals surface area (Å²) >= 11 is 0. The van der Waals surface area contributed by atoms with Crippen LogP contribution < -0.4 is 15.4 Å². The van der Waals surface area contributed by atoms with Crippen molar-refractivity contribution in [1.29, 1.82) is 0 Å². The van der Waals surface area contributed by atoms with E-state index in [9.17, 15) is 0 Å². The first-order chi connectivity index (χ1) is 17.7. The molecule has 3 nitrogen and oxygen atoms in total. The molecular formula is C33H44N2O. The largest absolute Gasteiger partial charge is 0.496 e. The zero-order valence-corrected chi connectivity index (χ0v) is 22.5. The van der Waals surface area contributed by atoms with Crippen molar-refractivity contribution in [2.24, 2.45) is 5.92 Å². The second-order valence-electron chi connectivity index (χ2n) is 10.4. The van der Waals surface area contributed by atoms with Crippen molar-refractivity contribution >= 4 is 0 Å². The fourth-order valence-corrected chi connectivity index (χ4v) is 5.98. The first-order valence-corrected chi connectivity index (χ1v) is 13.9. The van der Waals surface area contributed by atoms with Crippen LogP contribution in [0.4, 0.5) is 0 Å². The van der Waals surface area contributed by atoms with Crippen molar-refractivity contribution in [3.8, 4) is 5.75 Å². The van der Waals surface area contributed by atoms with Crippen LogP contribution in [0.2, 0.25) is 0 Å². The van der Waals surface area contributed by atoms with E-state index in [2.05, 4.69) is 110 Å². The van der Waals surface area contributed by atoms with E-state index in [1.165, 1.54) is 41.5 Å². The third-order valence-electron chi connectivity index (χ3n) is 8.14. The molecule has 0 saturated carbocycles. The van der Waals surface area contributed by atoms with E-state index in [-0.39, 0.29) is 5.92 Å². The van der Waals surface area contributed by atoms with Gasteiger partial charge in [0.25, 0.3) is 0 Å². The molecule has 2 N–H and O–H groups in total. The van der Waals surface area contributed by atoms with Crippen LogP contribution in [0.1, 0.15) is 80.5 Å². The number of nitrogens with one attached hydrogen (secondary N) is 2. The highest BCUT2D eigenvalue weighted by molar-refractivity contribution is 5.39. The Hall–Kier alpha value is -2.62. The average Bonchev–Trinajstić information content (AvgIpc) is 2.93. The van der Waals surface area contributed by atoms with E-state index < -0.39 is 0 Å². The third-order valence-corrected chi connectivity index (χ3v) is 8.14. The molecule has 0 radical (unpaired) electrons. The molecule has 1 fully saturated rings. The Balaban J connectivity index is 1.68. The van der Waals surface area contributed by atoms with Crippen LogP contribution in [0.5, 0.6) is 5.75 Å². The number of methoxy groups -OCH3 is 1. The van der Waals surface area contributed by atoms with Gasteiger partial charge in [-0.15, -0.1) is 0 Å². The van der Waals surface area contributed by atoms with Gasteiger partial charge in [0, 0.05) is 30.1 Å². The molecule has 4 atom stereocenters. The van der Waals surface area contributed by atoms with E-state index >= 15 is 0 Å². The summed E-state index contributed by atoms with van der Waals surface area (Å²) in [4.78, 5) is 0. The molecule has 1 heterocycles. The van der Waals surface area contributed by atoms with Crippen molar-refractivity contribution < 1.29 is 4.74 Å². The molecule has 3 aromatic rings. The average molecular weight is 485 g/mol. The van der Waals surface area contributed by atoms with E-state index in [0.29, 0.717) is 23.9 Å². The van der Waals surface area contributed by atoms with E-state index in [1.807, 2.05) is 0 Å². The number of hydrogen-bond donors (Lipinski definition) is 2. The summed E-state index contributed by atoms with van der Waals surface area (Å²) in [6, 6.07) is 29.5. The summed E-state index contributed by atoms with van der Waals surface area (Å²) in [6.45, 7) is 8.76. The third kappa shape index (κ3) is 6.19. The summed E-state index contributed by atoms with van der Waals surface area (Å²) in [5, 5.41) is 8.02. The molecule has 0 bridgehead atoms. The molecule has 0 spiro atoms. The van der Waals surface area contributed by atoms with Crippen LogP contribution in [0.3, 0.4) is 0 Å². The van der Waals surface area contributed by atoms with E-state index in [1.54, 1.807) is 7.11 Å². The van der Waals surface area contributed by atoms with Crippen LogP contribution >= 0.6 is 0 Å². The normalized spacial score (nSPS) is 20.9. The quantitative estimate of drug-likeness (QED) is 0.300. The van der Waals surface area contributed by atoms with Crippen LogP contribution in [0.25, 0.3) is 0 Å². The van der Waals surface area contributed by atoms with Gasteiger partial charge in [0.15, 0.2) is 0 Å². The minimum Gasteiger partial charge on any atom is -0.496 e. The van der Waals surface area contributed by atoms with Gasteiger partial charge in [0.2, 0.25) is 0 Å². The Morgan fingerprint density at radius 1 is 0.917 bits per heavy atom. The maximum absolute atomic E-state index is 5.79. The molecular weight excluding hydrogens is 440 g/mol. The molecule has 1 aliphatic heterocycles. The Morgan fingerprint density at radius 3 is 2.17 bits per heavy atom. The van der Waals surface area contributed by atoms with Gasteiger partial charge in [0.1, 0.15) is 5.75 Å². The standard InChI is InChI=1S/C33H44N2O/c1-5-13-27-20-21-34-33(31(25-14-9-7-10-15-25)26-16-11-8-12-17-26)32(27)35-23-29-22-28(24(3)6-2)18-19-30(29)36-4/h7-12,14-19,22,24,27,31-35H,5-6,13,20-21,23H2,1-4H3. The zero-order chi connectivity index (χ0) is 25.3. The van der Waals surface area contributed by atoms with Gasteiger partial charge in [-0.25, -0.2) is 0 Å². The Bertz CT molecular complexity index is 1010. The SMILES string of the molecule is CCCC1CCNC(C(c2ccccc2)c2ccccc2)C1NCc1cc(C(C)CC)ccc1OC. The van der Waals surface area contributed by atoms with Crippen LogP contribution in [0, 0.1) is 5.92 Å². The Kier molecular flexibility index (Phi) is 9.60. The minimum atomic E-state index is 0.290. The van der Waals surface area contributed by atoms with Gasteiger partial charge in [0.05, 0.1) is 7.11 Å². The zero-order valence-electron chi connectivity index (χ0n) is 22.5. The fourth-order valence-electron chi connectivity index (χ4n) is 5.98. The molecule has 0 amide bonds. The first-order valence-electron chi connectivity index (χ1n) is 13.9. The van der Waals surface area contributed by atoms with E-state index in [0.717, 1.165) is 25.3 Å². The number of ether oxygens (including phenoxy) is 1. The van der Waals surface area contributed by atoms with Gasteiger partial charge in [-0.05, 0) is 60.4 Å². The summed E-state index contributed by atoms with van der Waals surface area (Å²) < 4.78 is 5.79. The van der Waals surface area contributed by atoms with Gasteiger partial charge in [-0.1, -0.05) is 100.0 Å². The summed E-state index contributed by atoms with van der Waals surface area (Å²) in [5.74, 6) is 2.45. The lowest BCUT2D eigenvalue weighted by molar-refractivity contribution is 0.190. The highest BCUT2D eigenvalue weighted by Crippen LogP contribution is 2.36. The fraction of sp³-hybridized carbons (Fsp3) is 0.455. The minimum absolute atomic E-state index is 0.290. The molecule has 3 aromatic carbocycles. The highest BCUT2D eigenvalue weighted by Gasteiger charge is 2.38. The molecule has 0 aliphatic carbocycles. The van der Waals surface area contributed by atoms with Crippen LogP contribution in [0.15, 0.2) is 78.9 Å². The van der Waals surface area contributed by atoms with Gasteiger partial charge >= 0.3 is 0 Å². The first kappa shape index (κ1) is 26.4. The summed E-state index contributed by atoms with van der Waals surface area (Å²) in [5.41, 5.74) is 5.40. The predicted octanol–water partition coefficient (Wildman–Crippen LogP) is 7.28. The second kappa shape index (κ2) is 13.1. The van der Waals surface area contributed by atoms with Gasteiger partial charge in [-0.3, -0.25) is 0 Å². The maximum atomic E-state index is 5.79. The molecule has 4 rings (SSSR count). The summed E-state index contributed by atoms with van der Waals surface area (Å²) in [7, 11) is 1.79. The maximum Gasteiger partial charge on any atom is 0.123 e. The monoisotopic (exact) mass is 484 g/mol. The van der Waals surface area contributed by atoms with Crippen molar-refractivity contribution in [3.63, 3.8) is 0 Å². The molecule has 192 valence electrons. The molecule has 36 heavy (non-hydrogen) atoms. The van der Waals surface area contributed by atoms with Gasteiger partial charge < -0.3 is 15.4 Å². The van der Waals surface area contributed by atoms with Crippen LogP contribution in [-0.2, 0) is 6.54 Å². The highest BCUT2D eigenvalue weighted by atomic mass is 16.5. The van der Waals surface area contributed by atoms with E-state index in [4.69, 9.17) is 4.74 Å². The lowest BCUT2D eigenvalue weighted by Gasteiger charge is -2.44.